The van der Waals surface area contributed by atoms with Gasteiger partial charge in [0.05, 0.1) is 0 Å². The lowest BCUT2D eigenvalue weighted by atomic mass is 10.2. The van der Waals surface area contributed by atoms with Crippen molar-refractivity contribution in [2.45, 2.75) is 6.92 Å². The lowest BCUT2D eigenvalue weighted by molar-refractivity contribution is -0.132. The van der Waals surface area contributed by atoms with Gasteiger partial charge in [-0.05, 0) is 42.8 Å². The fourth-order valence-corrected chi connectivity index (χ4v) is 2.62. The van der Waals surface area contributed by atoms with Crippen molar-refractivity contribution in [2.75, 3.05) is 0 Å². The SMILES string of the molecule is CC(=Cc1ccc(-c2ccc(Cl)cc2)s1)C(=O)O. The topological polar surface area (TPSA) is 37.3 Å². The molecule has 0 saturated carbocycles. The van der Waals surface area contributed by atoms with Crippen LogP contribution in [0.25, 0.3) is 16.5 Å². The Labute approximate surface area is 114 Å². The highest BCUT2D eigenvalue weighted by molar-refractivity contribution is 7.16. The molecule has 0 bridgehead atoms. The van der Waals surface area contributed by atoms with E-state index in [-0.39, 0.29) is 0 Å². The van der Waals surface area contributed by atoms with Crippen molar-refractivity contribution in [3.05, 3.63) is 51.9 Å². The minimum atomic E-state index is -0.892. The maximum atomic E-state index is 10.7. The normalized spacial score (nSPS) is 11.6. The molecule has 0 unspecified atom stereocenters. The van der Waals surface area contributed by atoms with Crippen LogP contribution in [0, 0.1) is 0 Å². The van der Waals surface area contributed by atoms with Crippen LogP contribution < -0.4 is 0 Å². The number of hydrogen-bond donors (Lipinski definition) is 1. The van der Waals surface area contributed by atoms with Crippen molar-refractivity contribution < 1.29 is 9.90 Å². The molecule has 0 fully saturated rings. The second-order valence-corrected chi connectivity index (χ2v) is 5.39. The molecule has 1 heterocycles. The molecule has 0 radical (unpaired) electrons. The zero-order valence-corrected chi connectivity index (χ0v) is 11.3. The monoisotopic (exact) mass is 278 g/mol. The van der Waals surface area contributed by atoms with Crippen LogP contribution in [0.4, 0.5) is 0 Å². The maximum absolute atomic E-state index is 10.7. The fourth-order valence-electron chi connectivity index (χ4n) is 1.47. The third-order valence-electron chi connectivity index (χ3n) is 2.45. The number of rotatable bonds is 3. The zero-order valence-electron chi connectivity index (χ0n) is 9.68. The lowest BCUT2D eigenvalue weighted by Gasteiger charge is -1.96. The minimum absolute atomic E-state index is 0.333. The van der Waals surface area contributed by atoms with Crippen LogP contribution in [0.2, 0.25) is 5.02 Å². The van der Waals surface area contributed by atoms with E-state index in [0.29, 0.717) is 10.6 Å². The molecule has 0 amide bonds. The molecule has 2 rings (SSSR count). The number of hydrogen-bond acceptors (Lipinski definition) is 2. The summed E-state index contributed by atoms with van der Waals surface area (Å²) >= 11 is 7.39. The number of thiophene rings is 1. The average molecular weight is 279 g/mol. The minimum Gasteiger partial charge on any atom is -0.478 e. The number of aliphatic carboxylic acids is 1. The Hall–Kier alpha value is -1.58. The molecule has 1 aromatic carbocycles. The molecule has 0 aliphatic heterocycles. The van der Waals surface area contributed by atoms with E-state index in [1.54, 1.807) is 24.3 Å². The summed E-state index contributed by atoms with van der Waals surface area (Å²) in [6.07, 6.45) is 1.67. The predicted molar refractivity (Wildman–Crippen MR) is 76.1 cm³/mol. The molecule has 0 aliphatic carbocycles. The zero-order chi connectivity index (χ0) is 13.1. The van der Waals surface area contributed by atoms with Crippen molar-refractivity contribution >= 4 is 35.0 Å². The van der Waals surface area contributed by atoms with E-state index in [0.717, 1.165) is 15.3 Å². The Morgan fingerprint density at radius 1 is 1.22 bits per heavy atom. The highest BCUT2D eigenvalue weighted by Gasteiger charge is 2.04. The summed E-state index contributed by atoms with van der Waals surface area (Å²) in [5, 5.41) is 9.53. The van der Waals surface area contributed by atoms with E-state index in [1.807, 2.05) is 36.4 Å². The molecule has 2 nitrogen and oxygen atoms in total. The van der Waals surface area contributed by atoms with Crippen molar-refractivity contribution in [3.8, 4) is 10.4 Å². The Balaban J connectivity index is 2.28. The second kappa shape index (κ2) is 5.38. The summed E-state index contributed by atoms with van der Waals surface area (Å²) in [6.45, 7) is 1.59. The highest BCUT2D eigenvalue weighted by atomic mass is 35.5. The summed E-state index contributed by atoms with van der Waals surface area (Å²) in [4.78, 5) is 12.8. The Kier molecular flexibility index (Phi) is 3.84. The molecule has 0 atom stereocenters. The van der Waals surface area contributed by atoms with Crippen LogP contribution >= 0.6 is 22.9 Å². The van der Waals surface area contributed by atoms with Gasteiger partial charge in [-0.1, -0.05) is 23.7 Å². The number of halogens is 1. The first kappa shape index (κ1) is 12.9. The summed E-state index contributed by atoms with van der Waals surface area (Å²) < 4.78 is 0. The third-order valence-corrected chi connectivity index (χ3v) is 3.78. The van der Waals surface area contributed by atoms with Gasteiger partial charge in [0.25, 0.3) is 0 Å². The quantitative estimate of drug-likeness (QED) is 0.836. The van der Waals surface area contributed by atoms with Gasteiger partial charge in [-0.3, -0.25) is 0 Å². The molecule has 1 N–H and O–H groups in total. The Morgan fingerprint density at radius 3 is 2.50 bits per heavy atom. The van der Waals surface area contributed by atoms with Gasteiger partial charge in [0, 0.05) is 20.4 Å². The first-order valence-electron chi connectivity index (χ1n) is 5.33. The molecule has 1 aromatic heterocycles. The van der Waals surface area contributed by atoms with E-state index >= 15 is 0 Å². The van der Waals surface area contributed by atoms with Gasteiger partial charge in [-0.2, -0.15) is 0 Å². The smallest absolute Gasteiger partial charge is 0.331 e. The first-order valence-corrected chi connectivity index (χ1v) is 6.53. The molecule has 2 aromatic rings. The molecule has 18 heavy (non-hydrogen) atoms. The van der Waals surface area contributed by atoms with Crippen LogP contribution in [0.1, 0.15) is 11.8 Å². The van der Waals surface area contributed by atoms with Crippen molar-refractivity contribution in [1.82, 2.24) is 0 Å². The summed E-state index contributed by atoms with van der Waals surface area (Å²) in [5.74, 6) is -0.892. The van der Waals surface area contributed by atoms with Crippen molar-refractivity contribution in [2.24, 2.45) is 0 Å². The Bertz CT molecular complexity index is 597. The Morgan fingerprint density at radius 2 is 1.89 bits per heavy atom. The predicted octanol–water partition coefficient (Wildman–Crippen LogP) is 4.56. The van der Waals surface area contributed by atoms with E-state index in [4.69, 9.17) is 16.7 Å². The average Bonchev–Trinajstić information content (AvgIpc) is 2.78. The fraction of sp³-hybridized carbons (Fsp3) is 0.0714. The van der Waals surface area contributed by atoms with Gasteiger partial charge in [-0.15, -0.1) is 11.3 Å². The van der Waals surface area contributed by atoms with E-state index in [9.17, 15) is 4.79 Å². The van der Waals surface area contributed by atoms with Crippen LogP contribution in [0.5, 0.6) is 0 Å². The molecule has 4 heteroatoms. The van der Waals surface area contributed by atoms with E-state index in [2.05, 4.69) is 0 Å². The largest absolute Gasteiger partial charge is 0.478 e. The van der Waals surface area contributed by atoms with Crippen molar-refractivity contribution in [1.29, 1.82) is 0 Å². The third kappa shape index (κ3) is 3.00. The van der Waals surface area contributed by atoms with Crippen LogP contribution in [0.15, 0.2) is 42.0 Å². The van der Waals surface area contributed by atoms with Gasteiger partial charge in [-0.25, -0.2) is 4.79 Å². The van der Waals surface area contributed by atoms with Crippen LogP contribution in [-0.2, 0) is 4.79 Å². The maximum Gasteiger partial charge on any atom is 0.331 e. The van der Waals surface area contributed by atoms with E-state index in [1.165, 1.54) is 0 Å². The van der Waals surface area contributed by atoms with Gasteiger partial charge < -0.3 is 5.11 Å². The standard InChI is InChI=1S/C14H11ClO2S/c1-9(14(16)17)8-12-6-7-13(18-12)10-2-4-11(15)5-3-10/h2-8H,1H3,(H,16,17). The van der Waals surface area contributed by atoms with Gasteiger partial charge in [0.2, 0.25) is 0 Å². The molecular formula is C14H11ClO2S. The molecular weight excluding hydrogens is 268 g/mol. The molecule has 0 spiro atoms. The summed E-state index contributed by atoms with van der Waals surface area (Å²) in [7, 11) is 0. The summed E-state index contributed by atoms with van der Waals surface area (Å²) in [6, 6.07) is 11.5. The lowest BCUT2D eigenvalue weighted by Crippen LogP contribution is -1.94. The molecule has 92 valence electrons. The molecule has 0 saturated heterocycles. The molecule has 0 aliphatic rings. The van der Waals surface area contributed by atoms with Gasteiger partial charge >= 0.3 is 5.97 Å². The van der Waals surface area contributed by atoms with Gasteiger partial charge in [0.15, 0.2) is 0 Å². The highest BCUT2D eigenvalue weighted by Crippen LogP contribution is 2.30. The first-order chi connectivity index (χ1) is 8.56. The van der Waals surface area contributed by atoms with Crippen LogP contribution in [0.3, 0.4) is 0 Å². The van der Waals surface area contributed by atoms with E-state index < -0.39 is 5.97 Å². The second-order valence-electron chi connectivity index (χ2n) is 3.84. The van der Waals surface area contributed by atoms with Crippen molar-refractivity contribution in [3.63, 3.8) is 0 Å². The summed E-state index contributed by atoms with van der Waals surface area (Å²) in [5.41, 5.74) is 1.41. The number of benzene rings is 1. The van der Waals surface area contributed by atoms with Crippen LogP contribution in [-0.4, -0.2) is 11.1 Å². The number of carboxylic acids is 1. The number of carboxylic acid groups (broad SMARTS) is 1. The van der Waals surface area contributed by atoms with Gasteiger partial charge in [0.1, 0.15) is 0 Å². The number of carbonyl (C=O) groups is 1.